The van der Waals surface area contributed by atoms with Crippen LogP contribution in [0.4, 0.5) is 0 Å². The molecule has 0 saturated heterocycles. The second-order valence-corrected chi connectivity index (χ2v) is 2.93. The molecule has 0 atom stereocenters. The minimum Gasteiger partial charge on any atom is -0.780 e. The third-order valence-electron chi connectivity index (χ3n) is 0.960. The molecule has 0 fully saturated rings. The van der Waals surface area contributed by atoms with Gasteiger partial charge in [0.25, 0.3) is 0 Å². The molecule has 0 unspecified atom stereocenters. The van der Waals surface area contributed by atoms with Crippen molar-refractivity contribution in [3.05, 3.63) is 30.3 Å². The van der Waals surface area contributed by atoms with Crippen molar-refractivity contribution in [2.24, 2.45) is 0 Å². The van der Waals surface area contributed by atoms with Gasteiger partial charge in [0.1, 0.15) is 13.6 Å². The average Bonchev–Trinajstić information content (AvgIpc) is 1.85. The van der Waals surface area contributed by atoms with Crippen LogP contribution in [0.5, 0.6) is 5.75 Å². The normalized spacial score (nSPS) is 10.2. The molecule has 0 N–H and O–H groups in total. The molecule has 0 aliphatic carbocycles. The Kier molecular flexibility index (Phi) is 4.52. The molecule has 12 heavy (non-hydrogen) atoms. The molecular weight excluding hydrogens is 226 g/mol. The van der Waals surface area contributed by atoms with Gasteiger partial charge in [-0.2, -0.15) is 0 Å². The first-order valence-electron chi connectivity index (χ1n) is 2.85. The third-order valence-corrected chi connectivity index (χ3v) is 1.39. The van der Waals surface area contributed by atoms with Gasteiger partial charge in [-0.3, -0.25) is 0 Å². The zero-order valence-corrected chi connectivity index (χ0v) is 7.74. The van der Waals surface area contributed by atoms with E-state index in [0.29, 0.717) is 0 Å². The van der Waals surface area contributed by atoms with E-state index < -0.39 is 7.82 Å². The van der Waals surface area contributed by atoms with Crippen LogP contribution in [-0.4, -0.2) is 0 Å². The fraction of sp³-hybridized carbons (Fsp3) is 0. The van der Waals surface area contributed by atoms with Crippen molar-refractivity contribution < 1.29 is 35.7 Å². The van der Waals surface area contributed by atoms with Gasteiger partial charge in [-0.1, -0.05) is 18.2 Å². The molecule has 1 radical (unpaired) electrons. The van der Waals surface area contributed by atoms with E-state index in [0.717, 1.165) is 0 Å². The Morgan fingerprint density at radius 1 is 1.17 bits per heavy atom. The second kappa shape index (κ2) is 4.64. The predicted octanol–water partition coefficient (Wildman–Crippen LogP) is -0.108. The standard InChI is InChI=1S/C6H7O4P.Co/c7-11(8,9)10-6-4-2-1-3-5-6;/h1-5H,(H2,7,8,9);/q;+2/p-2. The first-order valence-corrected chi connectivity index (χ1v) is 4.31. The summed E-state index contributed by atoms with van der Waals surface area (Å²) in [5.74, 6) is 0.0424. The fourth-order valence-corrected chi connectivity index (χ4v) is 0.990. The van der Waals surface area contributed by atoms with Gasteiger partial charge in [-0.05, 0) is 12.1 Å². The topological polar surface area (TPSA) is 72.4 Å². The molecule has 1 aromatic carbocycles. The number of benzene rings is 1. The van der Waals surface area contributed by atoms with Crippen molar-refractivity contribution in [2.45, 2.75) is 0 Å². The van der Waals surface area contributed by atoms with Crippen molar-refractivity contribution in [1.29, 1.82) is 0 Å². The Labute approximate surface area is 80.0 Å². The van der Waals surface area contributed by atoms with Crippen LogP contribution in [-0.2, 0) is 21.3 Å². The van der Waals surface area contributed by atoms with Crippen LogP contribution in [0.25, 0.3) is 0 Å². The molecular formula is C6H5CoO4P. The molecule has 1 rings (SSSR count). The number of phosphoric acid groups is 1. The molecule has 0 spiro atoms. The summed E-state index contributed by atoms with van der Waals surface area (Å²) in [4.78, 5) is 20.1. The van der Waals surface area contributed by atoms with E-state index >= 15 is 0 Å². The minimum absolute atomic E-state index is 0. The van der Waals surface area contributed by atoms with Crippen molar-refractivity contribution in [3.8, 4) is 5.75 Å². The van der Waals surface area contributed by atoms with Crippen LogP contribution in [0.3, 0.4) is 0 Å². The smallest absolute Gasteiger partial charge is 0.780 e. The quantitative estimate of drug-likeness (QED) is 0.665. The maximum atomic E-state index is 10.1. The van der Waals surface area contributed by atoms with Crippen molar-refractivity contribution in [3.63, 3.8) is 0 Å². The molecule has 0 aliphatic rings. The van der Waals surface area contributed by atoms with E-state index in [1.807, 2.05) is 0 Å². The molecule has 0 bridgehead atoms. The van der Waals surface area contributed by atoms with Gasteiger partial charge in [-0.15, -0.1) is 0 Å². The monoisotopic (exact) mass is 231 g/mol. The summed E-state index contributed by atoms with van der Waals surface area (Å²) in [6.07, 6.45) is 0. The van der Waals surface area contributed by atoms with Crippen molar-refractivity contribution in [2.75, 3.05) is 0 Å². The molecule has 1 aromatic rings. The van der Waals surface area contributed by atoms with Crippen LogP contribution >= 0.6 is 7.82 Å². The SMILES string of the molecule is O=P([O-])([O-])Oc1ccccc1.[Co+2]. The molecule has 4 nitrogen and oxygen atoms in total. The summed E-state index contributed by atoms with van der Waals surface area (Å²) in [5, 5.41) is 0. The molecule has 0 heterocycles. The molecule has 0 aliphatic heterocycles. The summed E-state index contributed by atoms with van der Waals surface area (Å²) in [5.41, 5.74) is 0. The first kappa shape index (κ1) is 11.7. The van der Waals surface area contributed by atoms with Crippen molar-refractivity contribution >= 4 is 7.82 Å². The summed E-state index contributed by atoms with van der Waals surface area (Å²) in [7, 11) is -4.89. The number of phosphoric ester groups is 1. The number of rotatable bonds is 2. The van der Waals surface area contributed by atoms with Gasteiger partial charge in [0, 0.05) is 0 Å². The van der Waals surface area contributed by atoms with E-state index in [-0.39, 0.29) is 22.5 Å². The molecule has 6 heteroatoms. The number of para-hydroxylation sites is 1. The Bertz CT molecular complexity index is 270. The van der Waals surface area contributed by atoms with Crippen LogP contribution in [0, 0.1) is 0 Å². The Hall–Kier alpha value is -0.324. The first-order chi connectivity index (χ1) is 5.08. The zero-order valence-electron chi connectivity index (χ0n) is 5.80. The Morgan fingerprint density at radius 2 is 1.67 bits per heavy atom. The summed E-state index contributed by atoms with van der Waals surface area (Å²) >= 11 is 0. The van der Waals surface area contributed by atoms with E-state index in [1.54, 1.807) is 18.2 Å². The van der Waals surface area contributed by atoms with Crippen LogP contribution in [0.15, 0.2) is 30.3 Å². The van der Waals surface area contributed by atoms with E-state index in [4.69, 9.17) is 0 Å². The fourth-order valence-electron chi connectivity index (χ4n) is 0.610. The predicted molar refractivity (Wildman–Crippen MR) is 34.7 cm³/mol. The second-order valence-electron chi connectivity index (χ2n) is 1.85. The van der Waals surface area contributed by atoms with Crippen molar-refractivity contribution in [1.82, 2.24) is 0 Å². The van der Waals surface area contributed by atoms with E-state index in [9.17, 15) is 14.4 Å². The van der Waals surface area contributed by atoms with Gasteiger partial charge in [0.2, 0.25) is 0 Å². The maximum Gasteiger partial charge on any atom is 2.00 e. The van der Waals surface area contributed by atoms with Gasteiger partial charge in [0.05, 0.1) is 0 Å². The summed E-state index contributed by atoms with van der Waals surface area (Å²) < 4.78 is 14.1. The minimum atomic E-state index is -4.89. The van der Waals surface area contributed by atoms with Gasteiger partial charge in [0.15, 0.2) is 0 Å². The molecule has 0 saturated carbocycles. The molecule has 0 amide bonds. The maximum absolute atomic E-state index is 10.1. The zero-order chi connectivity index (χ0) is 8.32. The van der Waals surface area contributed by atoms with Gasteiger partial charge >= 0.3 is 16.8 Å². The van der Waals surface area contributed by atoms with E-state index in [1.165, 1.54) is 12.1 Å². The Balaban J connectivity index is 0.00000121. The Morgan fingerprint density at radius 3 is 2.08 bits per heavy atom. The molecule has 0 aromatic heterocycles. The molecule has 67 valence electrons. The van der Waals surface area contributed by atoms with Crippen LogP contribution in [0.1, 0.15) is 0 Å². The largest absolute Gasteiger partial charge is 2.00 e. The number of hydrogen-bond donors (Lipinski definition) is 0. The summed E-state index contributed by atoms with van der Waals surface area (Å²) in [6.45, 7) is 0. The third kappa shape index (κ3) is 4.53. The number of hydrogen-bond acceptors (Lipinski definition) is 4. The van der Waals surface area contributed by atoms with E-state index in [2.05, 4.69) is 4.52 Å². The van der Waals surface area contributed by atoms with Gasteiger partial charge in [-0.25, -0.2) is 0 Å². The van der Waals surface area contributed by atoms with Gasteiger partial charge < -0.3 is 18.9 Å². The summed E-state index contributed by atoms with van der Waals surface area (Å²) in [6, 6.07) is 7.62. The van der Waals surface area contributed by atoms with Crippen LogP contribution in [0.2, 0.25) is 0 Å². The van der Waals surface area contributed by atoms with Crippen LogP contribution < -0.4 is 14.3 Å². The average molecular weight is 231 g/mol.